The van der Waals surface area contributed by atoms with E-state index in [9.17, 15) is 15.2 Å². The van der Waals surface area contributed by atoms with Crippen molar-refractivity contribution in [3.63, 3.8) is 0 Å². The minimum atomic E-state index is -0.792. The molecule has 2 aromatic carbocycles. The molecular weight excluding hydrogens is 322 g/mol. The molecule has 0 bridgehead atoms. The van der Waals surface area contributed by atoms with Gasteiger partial charge < -0.3 is 5.11 Å². The molecule has 1 N–H and O–H groups in total. The van der Waals surface area contributed by atoms with Gasteiger partial charge in [0.25, 0.3) is 5.69 Å². The van der Waals surface area contributed by atoms with Gasteiger partial charge in [0, 0.05) is 17.7 Å². The minimum Gasteiger partial charge on any atom is -0.386 e. The maximum absolute atomic E-state index is 10.7. The summed E-state index contributed by atoms with van der Waals surface area (Å²) in [7, 11) is 0. The molecule has 0 amide bonds. The van der Waals surface area contributed by atoms with E-state index in [-0.39, 0.29) is 12.2 Å². The fourth-order valence-corrected chi connectivity index (χ4v) is 2.31. The van der Waals surface area contributed by atoms with Crippen molar-refractivity contribution >= 4 is 5.69 Å². The van der Waals surface area contributed by atoms with Crippen LogP contribution in [-0.2, 0) is 6.54 Å². The summed E-state index contributed by atoms with van der Waals surface area (Å²) in [6.07, 6.45) is 0.697. The van der Waals surface area contributed by atoms with Crippen LogP contribution in [0.1, 0.15) is 17.2 Å². The van der Waals surface area contributed by atoms with Gasteiger partial charge in [-0.25, -0.2) is 9.67 Å². The van der Waals surface area contributed by atoms with Gasteiger partial charge in [-0.2, -0.15) is 10.4 Å². The smallest absolute Gasteiger partial charge is 0.269 e. The summed E-state index contributed by atoms with van der Waals surface area (Å²) in [6, 6.07) is 14.6. The van der Waals surface area contributed by atoms with Crippen molar-refractivity contribution in [2.24, 2.45) is 0 Å². The van der Waals surface area contributed by atoms with Crippen LogP contribution in [-0.4, -0.2) is 24.8 Å². The fraction of sp³-hybridized carbons (Fsp3) is 0.118. The van der Waals surface area contributed by atoms with Gasteiger partial charge in [0.1, 0.15) is 6.33 Å². The molecule has 124 valence electrons. The van der Waals surface area contributed by atoms with Crippen LogP contribution in [0.25, 0.3) is 11.4 Å². The molecule has 1 heterocycles. The second-order valence-corrected chi connectivity index (χ2v) is 5.34. The van der Waals surface area contributed by atoms with E-state index in [1.165, 1.54) is 23.1 Å². The summed E-state index contributed by atoms with van der Waals surface area (Å²) >= 11 is 0. The first kappa shape index (κ1) is 16.3. The highest BCUT2D eigenvalue weighted by Crippen LogP contribution is 2.20. The van der Waals surface area contributed by atoms with E-state index in [2.05, 4.69) is 10.1 Å². The number of rotatable bonds is 5. The molecule has 0 aliphatic heterocycles. The van der Waals surface area contributed by atoms with Gasteiger partial charge in [-0.15, -0.1) is 0 Å². The van der Waals surface area contributed by atoms with Gasteiger partial charge in [-0.3, -0.25) is 10.1 Å². The Kier molecular flexibility index (Phi) is 4.50. The third kappa shape index (κ3) is 3.68. The molecule has 1 aromatic heterocycles. The Bertz CT molecular complexity index is 926. The summed E-state index contributed by atoms with van der Waals surface area (Å²) in [5.74, 6) is 0.418. The van der Waals surface area contributed by atoms with Crippen LogP contribution in [0.5, 0.6) is 0 Å². The van der Waals surface area contributed by atoms with Crippen molar-refractivity contribution in [1.82, 2.24) is 14.8 Å². The maximum atomic E-state index is 10.7. The Hall–Kier alpha value is -3.57. The normalized spacial score (nSPS) is 11.7. The molecule has 1 unspecified atom stereocenters. The number of nitro groups is 1. The van der Waals surface area contributed by atoms with Crippen LogP contribution in [0.3, 0.4) is 0 Å². The lowest BCUT2D eigenvalue weighted by Crippen LogP contribution is -2.09. The van der Waals surface area contributed by atoms with E-state index < -0.39 is 11.0 Å². The van der Waals surface area contributed by atoms with Crippen LogP contribution in [0.15, 0.2) is 54.9 Å². The zero-order valence-electron chi connectivity index (χ0n) is 13.0. The van der Waals surface area contributed by atoms with Gasteiger partial charge in [0.2, 0.25) is 0 Å². The van der Waals surface area contributed by atoms with Crippen molar-refractivity contribution in [1.29, 1.82) is 5.26 Å². The van der Waals surface area contributed by atoms with Crippen molar-refractivity contribution in [2.45, 2.75) is 12.6 Å². The van der Waals surface area contributed by atoms with E-state index >= 15 is 0 Å². The molecule has 0 fully saturated rings. The minimum absolute atomic E-state index is 0.000536. The van der Waals surface area contributed by atoms with Gasteiger partial charge >= 0.3 is 0 Å². The number of nitrogens with zero attached hydrogens (tertiary/aromatic N) is 5. The van der Waals surface area contributed by atoms with Crippen LogP contribution < -0.4 is 0 Å². The highest BCUT2D eigenvalue weighted by Gasteiger charge is 2.12. The number of non-ortho nitro benzene ring substituents is 1. The lowest BCUT2D eigenvalue weighted by Gasteiger charge is -2.10. The molecule has 1 atom stereocenters. The first-order valence-corrected chi connectivity index (χ1v) is 7.39. The number of aliphatic hydroxyl groups excluding tert-OH is 1. The van der Waals surface area contributed by atoms with E-state index in [0.717, 1.165) is 0 Å². The lowest BCUT2D eigenvalue weighted by atomic mass is 10.1. The molecule has 0 aliphatic carbocycles. The number of aromatic nitrogens is 3. The molecule has 8 heteroatoms. The van der Waals surface area contributed by atoms with Gasteiger partial charge in [0.05, 0.1) is 29.2 Å². The Morgan fingerprint density at radius 2 is 1.88 bits per heavy atom. The van der Waals surface area contributed by atoms with E-state index in [0.29, 0.717) is 22.5 Å². The molecule has 0 saturated carbocycles. The SMILES string of the molecule is N#Cc1ccc(C(O)Cn2cnc(-c3ccc([N+](=O)[O-])cc3)n2)cc1. The Morgan fingerprint density at radius 1 is 1.20 bits per heavy atom. The molecule has 0 radical (unpaired) electrons. The molecule has 0 spiro atoms. The lowest BCUT2D eigenvalue weighted by molar-refractivity contribution is -0.384. The quantitative estimate of drug-likeness (QED) is 0.565. The number of nitriles is 1. The zero-order chi connectivity index (χ0) is 17.8. The molecule has 0 saturated heterocycles. The summed E-state index contributed by atoms with van der Waals surface area (Å²) in [4.78, 5) is 14.4. The summed E-state index contributed by atoms with van der Waals surface area (Å²) in [5.41, 5.74) is 1.85. The molecule has 0 aliphatic rings. The second kappa shape index (κ2) is 6.90. The van der Waals surface area contributed by atoms with Gasteiger partial charge in [-0.05, 0) is 29.8 Å². The van der Waals surface area contributed by atoms with Crippen molar-refractivity contribution in [2.75, 3.05) is 0 Å². The standard InChI is InChI=1S/C17H13N5O3/c18-9-12-1-3-13(4-2-12)16(23)10-21-11-19-17(20-21)14-5-7-15(8-6-14)22(24)25/h1-8,11,16,23H,10H2. The van der Waals surface area contributed by atoms with Crippen LogP contribution in [0.2, 0.25) is 0 Å². The average molecular weight is 335 g/mol. The van der Waals surface area contributed by atoms with Crippen molar-refractivity contribution in [3.8, 4) is 17.5 Å². The summed E-state index contributed by atoms with van der Waals surface area (Å²) in [6.45, 7) is 0.200. The predicted octanol–water partition coefficient (Wildman–Crippen LogP) is 2.46. The fourth-order valence-electron chi connectivity index (χ4n) is 2.31. The van der Waals surface area contributed by atoms with E-state index in [1.54, 1.807) is 36.4 Å². The first-order chi connectivity index (χ1) is 12.1. The predicted molar refractivity (Wildman–Crippen MR) is 88.2 cm³/mol. The Balaban J connectivity index is 1.72. The first-order valence-electron chi connectivity index (χ1n) is 7.39. The number of nitro benzene ring substituents is 1. The third-order valence-corrected chi connectivity index (χ3v) is 3.66. The maximum Gasteiger partial charge on any atom is 0.269 e. The third-order valence-electron chi connectivity index (χ3n) is 3.66. The number of hydrogen-bond donors (Lipinski definition) is 1. The van der Waals surface area contributed by atoms with Crippen LogP contribution in [0.4, 0.5) is 5.69 Å². The second-order valence-electron chi connectivity index (χ2n) is 5.34. The number of hydrogen-bond acceptors (Lipinski definition) is 6. The molecule has 3 aromatic rings. The van der Waals surface area contributed by atoms with Gasteiger partial charge in [-0.1, -0.05) is 12.1 Å². The molecule has 8 nitrogen and oxygen atoms in total. The Morgan fingerprint density at radius 3 is 2.48 bits per heavy atom. The summed E-state index contributed by atoms with van der Waals surface area (Å²) < 4.78 is 1.50. The molecule has 3 rings (SSSR count). The van der Waals surface area contributed by atoms with Crippen LogP contribution >= 0.6 is 0 Å². The number of aliphatic hydroxyl groups is 1. The van der Waals surface area contributed by atoms with Gasteiger partial charge in [0.15, 0.2) is 5.82 Å². The Labute approximate surface area is 142 Å². The van der Waals surface area contributed by atoms with Crippen molar-refractivity contribution in [3.05, 3.63) is 76.1 Å². The van der Waals surface area contributed by atoms with E-state index in [1.807, 2.05) is 6.07 Å². The van der Waals surface area contributed by atoms with Crippen molar-refractivity contribution < 1.29 is 10.0 Å². The van der Waals surface area contributed by atoms with Crippen LogP contribution in [0, 0.1) is 21.4 Å². The highest BCUT2D eigenvalue weighted by molar-refractivity contribution is 5.56. The molecular formula is C17H13N5O3. The van der Waals surface area contributed by atoms with E-state index in [4.69, 9.17) is 5.26 Å². The largest absolute Gasteiger partial charge is 0.386 e. The number of benzene rings is 2. The topological polar surface area (TPSA) is 118 Å². The summed E-state index contributed by atoms with van der Waals surface area (Å²) in [5, 5.41) is 34.0. The highest BCUT2D eigenvalue weighted by atomic mass is 16.6. The monoisotopic (exact) mass is 335 g/mol. The zero-order valence-corrected chi connectivity index (χ0v) is 13.0. The average Bonchev–Trinajstić information content (AvgIpc) is 3.10. The molecule has 25 heavy (non-hydrogen) atoms.